The number of nitrogens with one attached hydrogen (secondary N) is 2. The number of hydrogen-bond acceptors (Lipinski definition) is 3. The Labute approximate surface area is 81.8 Å². The second-order valence-electron chi connectivity index (χ2n) is 3.52. The van der Waals surface area contributed by atoms with E-state index in [0.29, 0.717) is 12.4 Å². The molecular formula is C9H13N3O2. The topological polar surface area (TPSA) is 67.0 Å². The molecule has 1 aromatic heterocycles. The standard InChI is InChI=1S/C9H13N3O2/c1-6-3-5-14-8(6)9(13)11-7-2-4-10-12-7/h2,4,6,8H,3,5H2,1H3,(H2,10,11,12,13). The fourth-order valence-corrected chi connectivity index (χ4v) is 1.56. The highest BCUT2D eigenvalue weighted by Gasteiger charge is 2.30. The Morgan fingerprint density at radius 2 is 2.64 bits per heavy atom. The normalized spacial score (nSPS) is 26.4. The lowest BCUT2D eigenvalue weighted by molar-refractivity contribution is -0.126. The molecule has 1 fully saturated rings. The summed E-state index contributed by atoms with van der Waals surface area (Å²) in [6.07, 6.45) is 2.22. The number of anilines is 1. The summed E-state index contributed by atoms with van der Waals surface area (Å²) in [4.78, 5) is 11.6. The first-order chi connectivity index (χ1) is 6.77. The molecule has 2 rings (SSSR count). The molecule has 2 unspecified atom stereocenters. The van der Waals surface area contributed by atoms with Gasteiger partial charge in [-0.05, 0) is 12.3 Å². The van der Waals surface area contributed by atoms with E-state index in [1.807, 2.05) is 6.92 Å². The molecule has 76 valence electrons. The predicted molar refractivity (Wildman–Crippen MR) is 50.7 cm³/mol. The second kappa shape index (κ2) is 3.79. The van der Waals surface area contributed by atoms with E-state index < -0.39 is 0 Å². The van der Waals surface area contributed by atoms with Crippen molar-refractivity contribution in [2.75, 3.05) is 11.9 Å². The van der Waals surface area contributed by atoms with Gasteiger partial charge in [-0.3, -0.25) is 9.89 Å². The molecule has 0 spiro atoms. The summed E-state index contributed by atoms with van der Waals surface area (Å²) in [7, 11) is 0. The maximum Gasteiger partial charge on any atom is 0.254 e. The van der Waals surface area contributed by atoms with Crippen molar-refractivity contribution in [3.05, 3.63) is 12.3 Å². The third-order valence-electron chi connectivity index (χ3n) is 2.40. The smallest absolute Gasteiger partial charge is 0.254 e. The van der Waals surface area contributed by atoms with E-state index in [4.69, 9.17) is 4.74 Å². The van der Waals surface area contributed by atoms with E-state index in [0.717, 1.165) is 6.42 Å². The maximum atomic E-state index is 11.6. The Kier molecular flexibility index (Phi) is 2.49. The quantitative estimate of drug-likeness (QED) is 0.732. The number of nitrogens with zero attached hydrogens (tertiary/aromatic N) is 1. The summed E-state index contributed by atoms with van der Waals surface area (Å²) in [6.45, 7) is 2.69. The van der Waals surface area contributed by atoms with Crippen molar-refractivity contribution in [2.45, 2.75) is 19.4 Å². The van der Waals surface area contributed by atoms with E-state index in [1.54, 1.807) is 12.3 Å². The molecule has 1 aromatic rings. The largest absolute Gasteiger partial charge is 0.368 e. The molecule has 2 atom stereocenters. The zero-order valence-electron chi connectivity index (χ0n) is 7.99. The lowest BCUT2D eigenvalue weighted by atomic mass is 10.0. The molecule has 2 heterocycles. The molecule has 0 saturated carbocycles. The molecule has 2 N–H and O–H groups in total. The van der Waals surface area contributed by atoms with E-state index in [9.17, 15) is 4.79 Å². The first-order valence-electron chi connectivity index (χ1n) is 4.69. The fraction of sp³-hybridized carbons (Fsp3) is 0.556. The molecular weight excluding hydrogens is 182 g/mol. The van der Waals surface area contributed by atoms with Crippen LogP contribution in [0.1, 0.15) is 13.3 Å². The number of ether oxygens (including phenoxy) is 1. The zero-order valence-corrected chi connectivity index (χ0v) is 7.99. The van der Waals surface area contributed by atoms with Gasteiger partial charge in [-0.25, -0.2) is 0 Å². The Balaban J connectivity index is 1.95. The minimum atomic E-state index is -0.321. The first-order valence-corrected chi connectivity index (χ1v) is 4.69. The molecule has 5 nitrogen and oxygen atoms in total. The highest BCUT2D eigenvalue weighted by atomic mass is 16.5. The molecule has 1 aliphatic heterocycles. The lowest BCUT2D eigenvalue weighted by Crippen LogP contribution is -2.31. The highest BCUT2D eigenvalue weighted by molar-refractivity contribution is 5.93. The second-order valence-corrected chi connectivity index (χ2v) is 3.52. The van der Waals surface area contributed by atoms with Crippen LogP contribution < -0.4 is 5.32 Å². The van der Waals surface area contributed by atoms with Gasteiger partial charge in [-0.15, -0.1) is 0 Å². The summed E-state index contributed by atoms with van der Waals surface area (Å²) >= 11 is 0. The van der Waals surface area contributed by atoms with Crippen LogP contribution in [0.5, 0.6) is 0 Å². The van der Waals surface area contributed by atoms with Crippen LogP contribution in [0.15, 0.2) is 12.3 Å². The zero-order chi connectivity index (χ0) is 9.97. The van der Waals surface area contributed by atoms with Crippen molar-refractivity contribution in [3.63, 3.8) is 0 Å². The van der Waals surface area contributed by atoms with Crippen molar-refractivity contribution in [3.8, 4) is 0 Å². The number of carbonyl (C=O) groups is 1. The Morgan fingerprint density at radius 3 is 3.21 bits per heavy atom. The number of rotatable bonds is 2. The van der Waals surface area contributed by atoms with Gasteiger partial charge in [0.15, 0.2) is 0 Å². The first kappa shape index (κ1) is 9.21. The van der Waals surface area contributed by atoms with Gasteiger partial charge in [0, 0.05) is 12.7 Å². The molecule has 1 amide bonds. The van der Waals surface area contributed by atoms with Crippen molar-refractivity contribution < 1.29 is 9.53 Å². The molecule has 0 radical (unpaired) electrons. The SMILES string of the molecule is CC1CCOC1C(=O)Nc1ccn[nH]1. The molecule has 0 aliphatic carbocycles. The maximum absolute atomic E-state index is 11.6. The van der Waals surface area contributed by atoms with Crippen LogP contribution in [0, 0.1) is 5.92 Å². The number of amides is 1. The van der Waals surface area contributed by atoms with Gasteiger partial charge in [0.1, 0.15) is 11.9 Å². The average molecular weight is 195 g/mol. The van der Waals surface area contributed by atoms with Crippen LogP contribution in [0.4, 0.5) is 5.82 Å². The van der Waals surface area contributed by atoms with Gasteiger partial charge in [0.05, 0.1) is 6.20 Å². The summed E-state index contributed by atoms with van der Waals surface area (Å²) in [5, 5.41) is 9.12. The van der Waals surface area contributed by atoms with Crippen LogP contribution >= 0.6 is 0 Å². The number of carbonyl (C=O) groups excluding carboxylic acids is 1. The molecule has 5 heteroatoms. The fourth-order valence-electron chi connectivity index (χ4n) is 1.56. The van der Waals surface area contributed by atoms with Crippen molar-refractivity contribution in [1.82, 2.24) is 10.2 Å². The molecule has 1 saturated heterocycles. The highest BCUT2D eigenvalue weighted by Crippen LogP contribution is 2.20. The third-order valence-corrected chi connectivity index (χ3v) is 2.40. The van der Waals surface area contributed by atoms with E-state index >= 15 is 0 Å². The van der Waals surface area contributed by atoms with Gasteiger partial charge in [0.2, 0.25) is 0 Å². The monoisotopic (exact) mass is 195 g/mol. The minimum Gasteiger partial charge on any atom is -0.368 e. The summed E-state index contributed by atoms with van der Waals surface area (Å²) in [6, 6.07) is 1.71. The molecule has 1 aliphatic rings. The van der Waals surface area contributed by atoms with Crippen LogP contribution in [0.2, 0.25) is 0 Å². The average Bonchev–Trinajstić information content (AvgIpc) is 2.75. The third kappa shape index (κ3) is 1.77. The molecule has 0 bridgehead atoms. The van der Waals surface area contributed by atoms with Crippen LogP contribution in [0.25, 0.3) is 0 Å². The van der Waals surface area contributed by atoms with E-state index in [1.165, 1.54) is 0 Å². The van der Waals surface area contributed by atoms with E-state index in [-0.39, 0.29) is 17.9 Å². The van der Waals surface area contributed by atoms with E-state index in [2.05, 4.69) is 15.5 Å². The Bertz CT molecular complexity index is 310. The van der Waals surface area contributed by atoms with Gasteiger partial charge in [0.25, 0.3) is 5.91 Å². The summed E-state index contributed by atoms with van der Waals surface area (Å²) < 4.78 is 5.33. The Hall–Kier alpha value is -1.36. The minimum absolute atomic E-state index is 0.0979. The van der Waals surface area contributed by atoms with Crippen LogP contribution in [0.3, 0.4) is 0 Å². The van der Waals surface area contributed by atoms with Gasteiger partial charge in [-0.2, -0.15) is 5.10 Å². The number of hydrogen-bond donors (Lipinski definition) is 2. The van der Waals surface area contributed by atoms with Gasteiger partial charge in [-0.1, -0.05) is 6.92 Å². The summed E-state index contributed by atoms with van der Waals surface area (Å²) in [5.74, 6) is 0.801. The number of aromatic nitrogens is 2. The summed E-state index contributed by atoms with van der Waals surface area (Å²) in [5.41, 5.74) is 0. The molecule has 0 aromatic carbocycles. The van der Waals surface area contributed by atoms with Gasteiger partial charge >= 0.3 is 0 Å². The van der Waals surface area contributed by atoms with Crippen molar-refractivity contribution >= 4 is 11.7 Å². The Morgan fingerprint density at radius 1 is 1.79 bits per heavy atom. The van der Waals surface area contributed by atoms with Crippen molar-refractivity contribution in [1.29, 1.82) is 0 Å². The van der Waals surface area contributed by atoms with Crippen LogP contribution in [-0.2, 0) is 9.53 Å². The van der Waals surface area contributed by atoms with Gasteiger partial charge < -0.3 is 10.1 Å². The number of H-pyrrole nitrogens is 1. The molecule has 14 heavy (non-hydrogen) atoms. The lowest BCUT2D eigenvalue weighted by Gasteiger charge is -2.12. The number of aromatic amines is 1. The van der Waals surface area contributed by atoms with Crippen molar-refractivity contribution in [2.24, 2.45) is 5.92 Å². The van der Waals surface area contributed by atoms with Crippen LogP contribution in [-0.4, -0.2) is 28.8 Å². The predicted octanol–water partition coefficient (Wildman–Crippen LogP) is 0.773.